The Hall–Kier alpha value is -0.120. The second-order valence-electron chi connectivity index (χ2n) is 2.94. The summed E-state index contributed by atoms with van der Waals surface area (Å²) in [6.45, 7) is 1.28. The third-order valence-electron chi connectivity index (χ3n) is 1.96. The summed E-state index contributed by atoms with van der Waals surface area (Å²) in [4.78, 5) is -0.932. The van der Waals surface area contributed by atoms with E-state index in [-0.39, 0.29) is 16.1 Å². The SMILES string of the molecule is Cc1c(C(F)(F)F)ccc(C(Cl)Cl)c1Cl. The lowest BCUT2D eigenvalue weighted by Gasteiger charge is -2.14. The predicted molar refractivity (Wildman–Crippen MR) is 55.6 cm³/mol. The van der Waals surface area contributed by atoms with Crippen molar-refractivity contribution in [3.8, 4) is 0 Å². The largest absolute Gasteiger partial charge is 0.416 e. The molecular formula is C9H6Cl3F3. The van der Waals surface area contributed by atoms with Gasteiger partial charge in [-0.3, -0.25) is 0 Å². The van der Waals surface area contributed by atoms with E-state index in [1.54, 1.807) is 0 Å². The number of hydrogen-bond donors (Lipinski definition) is 0. The van der Waals surface area contributed by atoms with Gasteiger partial charge in [0.2, 0.25) is 0 Å². The Morgan fingerprint density at radius 1 is 1.20 bits per heavy atom. The summed E-state index contributed by atoms with van der Waals surface area (Å²) in [7, 11) is 0. The van der Waals surface area contributed by atoms with E-state index in [1.165, 1.54) is 13.0 Å². The van der Waals surface area contributed by atoms with Gasteiger partial charge >= 0.3 is 6.18 Å². The maximum Gasteiger partial charge on any atom is 0.416 e. The van der Waals surface area contributed by atoms with Crippen molar-refractivity contribution in [3.05, 3.63) is 33.8 Å². The molecule has 0 aliphatic heterocycles. The van der Waals surface area contributed by atoms with Crippen LogP contribution in [0.5, 0.6) is 0 Å². The normalized spacial score (nSPS) is 12.3. The molecule has 0 fully saturated rings. The highest BCUT2D eigenvalue weighted by Crippen LogP contribution is 2.39. The van der Waals surface area contributed by atoms with Crippen molar-refractivity contribution in [1.82, 2.24) is 0 Å². The van der Waals surface area contributed by atoms with Gasteiger partial charge in [-0.2, -0.15) is 13.2 Å². The Labute approximate surface area is 99.9 Å². The number of rotatable bonds is 1. The van der Waals surface area contributed by atoms with Crippen LogP contribution in [0.3, 0.4) is 0 Å². The summed E-state index contributed by atoms with van der Waals surface area (Å²) >= 11 is 16.8. The molecule has 0 saturated heterocycles. The molecule has 0 N–H and O–H groups in total. The maximum absolute atomic E-state index is 12.4. The van der Waals surface area contributed by atoms with E-state index in [0.29, 0.717) is 0 Å². The van der Waals surface area contributed by atoms with Crippen molar-refractivity contribution in [2.24, 2.45) is 0 Å². The van der Waals surface area contributed by atoms with Crippen molar-refractivity contribution in [1.29, 1.82) is 0 Å². The maximum atomic E-state index is 12.4. The van der Waals surface area contributed by atoms with Crippen LogP contribution in [-0.4, -0.2) is 0 Å². The van der Waals surface area contributed by atoms with Crippen LogP contribution in [0.15, 0.2) is 12.1 Å². The van der Waals surface area contributed by atoms with Crippen LogP contribution >= 0.6 is 34.8 Å². The molecule has 0 aliphatic carbocycles. The average Bonchev–Trinajstić information content (AvgIpc) is 2.06. The van der Waals surface area contributed by atoms with Crippen LogP contribution in [0.4, 0.5) is 13.2 Å². The van der Waals surface area contributed by atoms with Gasteiger partial charge in [-0.1, -0.05) is 17.7 Å². The van der Waals surface area contributed by atoms with Gasteiger partial charge in [-0.05, 0) is 18.6 Å². The lowest BCUT2D eigenvalue weighted by Crippen LogP contribution is -2.08. The molecule has 1 aromatic carbocycles. The monoisotopic (exact) mass is 276 g/mol. The highest BCUT2D eigenvalue weighted by molar-refractivity contribution is 6.45. The third-order valence-corrected chi connectivity index (χ3v) is 2.93. The van der Waals surface area contributed by atoms with Crippen molar-refractivity contribution in [2.45, 2.75) is 17.9 Å². The third kappa shape index (κ3) is 2.71. The summed E-state index contributed by atoms with van der Waals surface area (Å²) in [6, 6.07) is 2.11. The molecule has 0 saturated carbocycles. The van der Waals surface area contributed by atoms with Crippen LogP contribution in [-0.2, 0) is 6.18 Å². The molecule has 0 heterocycles. The molecule has 0 unspecified atom stereocenters. The number of alkyl halides is 5. The van der Waals surface area contributed by atoms with Gasteiger partial charge in [0.25, 0.3) is 0 Å². The first-order valence-electron chi connectivity index (χ1n) is 3.89. The fraction of sp³-hybridized carbons (Fsp3) is 0.333. The minimum atomic E-state index is -4.42. The Bertz CT molecular complexity index is 372. The molecule has 0 nitrogen and oxygen atoms in total. The number of benzene rings is 1. The Balaban J connectivity index is 3.34. The summed E-state index contributed by atoms with van der Waals surface area (Å²) in [5.41, 5.74) is -0.552. The number of halogens is 6. The molecular weight excluding hydrogens is 271 g/mol. The van der Waals surface area contributed by atoms with Gasteiger partial charge < -0.3 is 0 Å². The zero-order valence-electron chi connectivity index (χ0n) is 7.50. The van der Waals surface area contributed by atoms with Gasteiger partial charge in [0.1, 0.15) is 4.84 Å². The van der Waals surface area contributed by atoms with Gasteiger partial charge in [-0.15, -0.1) is 23.2 Å². The van der Waals surface area contributed by atoms with Crippen LogP contribution in [0.2, 0.25) is 5.02 Å². The van der Waals surface area contributed by atoms with E-state index >= 15 is 0 Å². The number of hydrogen-bond acceptors (Lipinski definition) is 0. The second-order valence-corrected chi connectivity index (χ2v) is 4.41. The highest BCUT2D eigenvalue weighted by atomic mass is 35.5. The molecule has 84 valence electrons. The Kier molecular flexibility index (Phi) is 3.80. The van der Waals surface area contributed by atoms with Crippen LogP contribution in [0, 0.1) is 6.92 Å². The van der Waals surface area contributed by atoms with E-state index in [9.17, 15) is 13.2 Å². The molecule has 6 heteroatoms. The van der Waals surface area contributed by atoms with E-state index in [4.69, 9.17) is 34.8 Å². The quantitative estimate of drug-likeness (QED) is 0.623. The molecule has 0 aliphatic rings. The molecule has 0 bridgehead atoms. The van der Waals surface area contributed by atoms with Gasteiger partial charge in [-0.25, -0.2) is 0 Å². The minimum absolute atomic E-state index is 0.0418. The van der Waals surface area contributed by atoms with Gasteiger partial charge in [0.15, 0.2) is 0 Å². The van der Waals surface area contributed by atoms with E-state index in [2.05, 4.69) is 0 Å². The smallest absolute Gasteiger partial charge is 0.166 e. The second kappa shape index (κ2) is 4.40. The molecule has 0 atom stereocenters. The standard InChI is InChI=1S/C9H6Cl3F3/c1-4-6(9(13,14)15)3-2-5(7(4)10)8(11)12/h2-3,8H,1H3. The van der Waals surface area contributed by atoms with Crippen molar-refractivity contribution in [2.75, 3.05) is 0 Å². The van der Waals surface area contributed by atoms with E-state index in [1.807, 2.05) is 0 Å². The zero-order valence-corrected chi connectivity index (χ0v) is 9.77. The Morgan fingerprint density at radius 3 is 2.13 bits per heavy atom. The topological polar surface area (TPSA) is 0 Å². The zero-order chi connectivity index (χ0) is 11.8. The summed E-state index contributed by atoms with van der Waals surface area (Å²) in [5, 5.41) is -0.0418. The van der Waals surface area contributed by atoms with Gasteiger partial charge in [0.05, 0.1) is 5.56 Å². The molecule has 1 rings (SSSR count). The molecule has 15 heavy (non-hydrogen) atoms. The van der Waals surface area contributed by atoms with Crippen molar-refractivity contribution >= 4 is 34.8 Å². The van der Waals surface area contributed by atoms with Gasteiger partial charge in [0, 0.05) is 10.6 Å². The molecule has 0 spiro atoms. The first-order chi connectivity index (χ1) is 6.75. The molecule has 0 aromatic heterocycles. The van der Waals surface area contributed by atoms with Crippen LogP contribution in [0.1, 0.15) is 21.5 Å². The fourth-order valence-corrected chi connectivity index (χ4v) is 1.93. The molecule has 0 radical (unpaired) electrons. The molecule has 0 amide bonds. The summed E-state index contributed by atoms with van der Waals surface area (Å²) < 4.78 is 37.3. The van der Waals surface area contributed by atoms with Crippen LogP contribution in [0.25, 0.3) is 0 Å². The summed E-state index contributed by atoms with van der Waals surface area (Å²) in [6.07, 6.45) is -4.42. The lowest BCUT2D eigenvalue weighted by molar-refractivity contribution is -0.138. The van der Waals surface area contributed by atoms with Crippen molar-refractivity contribution in [3.63, 3.8) is 0 Å². The lowest BCUT2D eigenvalue weighted by atomic mass is 10.1. The first-order valence-corrected chi connectivity index (χ1v) is 5.14. The average molecular weight is 278 g/mol. The van der Waals surface area contributed by atoms with E-state index < -0.39 is 16.6 Å². The Morgan fingerprint density at radius 2 is 1.73 bits per heavy atom. The highest BCUT2D eigenvalue weighted by Gasteiger charge is 2.33. The van der Waals surface area contributed by atoms with E-state index in [0.717, 1.165) is 6.07 Å². The molecule has 1 aromatic rings. The summed E-state index contributed by atoms with van der Waals surface area (Å²) in [5.74, 6) is 0. The first kappa shape index (κ1) is 12.9. The van der Waals surface area contributed by atoms with Crippen LogP contribution < -0.4 is 0 Å². The predicted octanol–water partition coefficient (Wildman–Crippen LogP) is 5.14. The van der Waals surface area contributed by atoms with Crippen molar-refractivity contribution < 1.29 is 13.2 Å². The minimum Gasteiger partial charge on any atom is -0.166 e. The fourth-order valence-electron chi connectivity index (χ4n) is 1.18.